The van der Waals surface area contributed by atoms with Gasteiger partial charge in [-0.15, -0.1) is 11.3 Å². The summed E-state index contributed by atoms with van der Waals surface area (Å²) in [5.74, 6) is 1.75. The van der Waals surface area contributed by atoms with Crippen LogP contribution >= 0.6 is 11.3 Å². The maximum absolute atomic E-state index is 5.62. The number of unbranched alkanes of at least 4 members (excludes halogenated alkanes) is 1. The van der Waals surface area contributed by atoms with Gasteiger partial charge < -0.3 is 9.64 Å². The third-order valence-corrected chi connectivity index (χ3v) is 5.90. The number of likely N-dealkylation sites (tertiary alicyclic amines) is 1. The Morgan fingerprint density at radius 3 is 2.73 bits per heavy atom. The predicted molar refractivity (Wildman–Crippen MR) is 96.3 cm³/mol. The standard InChI is InChI=1S/C19H27NOS/c1-3-5-10-20-11-8-15(9-12-20)18-13-16-6-7-17(21-4-2)14-19(16)22-18/h6-7,13-15H,3-5,8-12H2,1-2H3. The molecule has 0 spiro atoms. The van der Waals surface area contributed by atoms with Gasteiger partial charge in [-0.1, -0.05) is 13.3 Å². The van der Waals surface area contributed by atoms with Crippen LogP contribution in [0.1, 0.15) is 50.3 Å². The topological polar surface area (TPSA) is 12.5 Å². The number of hydrogen-bond acceptors (Lipinski definition) is 3. The number of hydrogen-bond donors (Lipinski definition) is 0. The van der Waals surface area contributed by atoms with Crippen molar-refractivity contribution in [2.75, 3.05) is 26.2 Å². The molecule has 1 aliphatic rings. The highest BCUT2D eigenvalue weighted by molar-refractivity contribution is 7.19. The molecule has 0 unspecified atom stereocenters. The number of rotatable bonds is 6. The normalized spacial score (nSPS) is 17.2. The number of benzene rings is 1. The lowest BCUT2D eigenvalue weighted by atomic mass is 9.95. The average Bonchev–Trinajstić information content (AvgIpc) is 2.97. The Balaban J connectivity index is 1.66. The van der Waals surface area contributed by atoms with Crippen molar-refractivity contribution in [2.24, 2.45) is 0 Å². The molecule has 1 saturated heterocycles. The Labute approximate surface area is 138 Å². The molecule has 2 heterocycles. The summed E-state index contributed by atoms with van der Waals surface area (Å²) in [5.41, 5.74) is 0. The third kappa shape index (κ3) is 3.64. The van der Waals surface area contributed by atoms with Crippen molar-refractivity contribution < 1.29 is 4.74 Å². The maximum Gasteiger partial charge on any atom is 0.120 e. The summed E-state index contributed by atoms with van der Waals surface area (Å²) < 4.78 is 6.99. The molecule has 120 valence electrons. The van der Waals surface area contributed by atoms with Gasteiger partial charge in [-0.05, 0) is 81.4 Å². The number of piperidine rings is 1. The van der Waals surface area contributed by atoms with Gasteiger partial charge in [0.25, 0.3) is 0 Å². The fraction of sp³-hybridized carbons (Fsp3) is 0.579. The zero-order valence-electron chi connectivity index (χ0n) is 13.8. The lowest BCUT2D eigenvalue weighted by Crippen LogP contribution is -2.33. The van der Waals surface area contributed by atoms with Gasteiger partial charge in [0.05, 0.1) is 6.61 Å². The smallest absolute Gasteiger partial charge is 0.120 e. The Morgan fingerprint density at radius 2 is 2.00 bits per heavy atom. The summed E-state index contributed by atoms with van der Waals surface area (Å²) in [5, 5.41) is 1.37. The van der Waals surface area contributed by atoms with E-state index in [1.165, 1.54) is 55.4 Å². The fourth-order valence-corrected chi connectivity index (χ4v) is 4.57. The minimum absolute atomic E-state index is 0.736. The van der Waals surface area contributed by atoms with E-state index >= 15 is 0 Å². The van der Waals surface area contributed by atoms with Gasteiger partial charge >= 0.3 is 0 Å². The van der Waals surface area contributed by atoms with E-state index in [1.54, 1.807) is 4.88 Å². The van der Waals surface area contributed by atoms with Gasteiger partial charge in [0.15, 0.2) is 0 Å². The molecule has 2 nitrogen and oxygen atoms in total. The van der Waals surface area contributed by atoms with Crippen LogP contribution in [0.15, 0.2) is 24.3 Å². The van der Waals surface area contributed by atoms with Crippen molar-refractivity contribution in [3.8, 4) is 5.75 Å². The van der Waals surface area contributed by atoms with E-state index in [4.69, 9.17) is 4.74 Å². The van der Waals surface area contributed by atoms with E-state index < -0.39 is 0 Å². The highest BCUT2D eigenvalue weighted by atomic mass is 32.1. The quantitative estimate of drug-likeness (QED) is 0.718. The van der Waals surface area contributed by atoms with E-state index in [1.807, 2.05) is 18.3 Å². The zero-order chi connectivity index (χ0) is 15.4. The zero-order valence-corrected chi connectivity index (χ0v) is 14.6. The molecular weight excluding hydrogens is 290 g/mol. The van der Waals surface area contributed by atoms with Gasteiger partial charge in [-0.3, -0.25) is 0 Å². The van der Waals surface area contributed by atoms with Crippen molar-refractivity contribution >= 4 is 21.4 Å². The monoisotopic (exact) mass is 317 g/mol. The molecule has 1 fully saturated rings. The molecule has 22 heavy (non-hydrogen) atoms. The summed E-state index contributed by atoms with van der Waals surface area (Å²) in [6.45, 7) is 8.87. The molecule has 0 saturated carbocycles. The number of fused-ring (bicyclic) bond motifs is 1. The Kier molecular flexibility index (Phi) is 5.37. The molecule has 3 rings (SSSR count). The molecule has 1 aromatic carbocycles. The summed E-state index contributed by atoms with van der Waals surface area (Å²) in [7, 11) is 0. The molecule has 0 N–H and O–H groups in total. The third-order valence-electron chi connectivity index (χ3n) is 4.64. The largest absolute Gasteiger partial charge is 0.494 e. The molecule has 0 radical (unpaired) electrons. The first-order valence-corrected chi connectivity index (χ1v) is 9.50. The van der Waals surface area contributed by atoms with Crippen molar-refractivity contribution in [3.63, 3.8) is 0 Å². The average molecular weight is 317 g/mol. The van der Waals surface area contributed by atoms with Gasteiger partial charge in [-0.25, -0.2) is 0 Å². The van der Waals surface area contributed by atoms with E-state index in [2.05, 4.69) is 36.1 Å². The lowest BCUT2D eigenvalue weighted by Gasteiger charge is -2.31. The molecule has 0 aliphatic carbocycles. The molecule has 1 aromatic heterocycles. The van der Waals surface area contributed by atoms with Crippen molar-refractivity contribution in [2.45, 2.75) is 45.4 Å². The number of nitrogens with zero attached hydrogens (tertiary/aromatic N) is 1. The Hall–Kier alpha value is -1.06. The fourth-order valence-electron chi connectivity index (χ4n) is 3.31. The summed E-state index contributed by atoms with van der Waals surface area (Å²) >= 11 is 1.96. The lowest BCUT2D eigenvalue weighted by molar-refractivity contribution is 0.211. The molecule has 3 heteroatoms. The van der Waals surface area contributed by atoms with E-state index in [9.17, 15) is 0 Å². The van der Waals surface area contributed by atoms with Crippen molar-refractivity contribution in [3.05, 3.63) is 29.1 Å². The van der Waals surface area contributed by atoms with E-state index in [0.717, 1.165) is 18.3 Å². The van der Waals surface area contributed by atoms with Crippen LogP contribution in [-0.4, -0.2) is 31.1 Å². The van der Waals surface area contributed by atoms with Crippen LogP contribution in [0.2, 0.25) is 0 Å². The first kappa shape index (κ1) is 15.8. The van der Waals surface area contributed by atoms with Gasteiger partial charge in [0, 0.05) is 9.58 Å². The van der Waals surface area contributed by atoms with E-state index in [-0.39, 0.29) is 0 Å². The van der Waals surface area contributed by atoms with Gasteiger partial charge in [0.1, 0.15) is 5.75 Å². The molecule has 0 amide bonds. The minimum atomic E-state index is 0.736. The van der Waals surface area contributed by atoms with Crippen LogP contribution in [-0.2, 0) is 0 Å². The van der Waals surface area contributed by atoms with Gasteiger partial charge in [-0.2, -0.15) is 0 Å². The minimum Gasteiger partial charge on any atom is -0.494 e. The van der Waals surface area contributed by atoms with Crippen LogP contribution < -0.4 is 4.74 Å². The Morgan fingerprint density at radius 1 is 1.18 bits per heavy atom. The highest BCUT2D eigenvalue weighted by Crippen LogP contribution is 2.37. The van der Waals surface area contributed by atoms with E-state index in [0.29, 0.717) is 0 Å². The first-order chi connectivity index (χ1) is 10.8. The molecule has 2 aromatic rings. The summed E-state index contributed by atoms with van der Waals surface area (Å²) in [6, 6.07) is 8.90. The van der Waals surface area contributed by atoms with Crippen LogP contribution in [0.25, 0.3) is 10.1 Å². The number of ether oxygens (including phenoxy) is 1. The second-order valence-electron chi connectivity index (χ2n) is 6.25. The summed E-state index contributed by atoms with van der Waals surface area (Å²) in [4.78, 5) is 4.21. The van der Waals surface area contributed by atoms with Crippen LogP contribution in [0.3, 0.4) is 0 Å². The maximum atomic E-state index is 5.62. The molecule has 0 atom stereocenters. The number of thiophene rings is 1. The van der Waals surface area contributed by atoms with Crippen LogP contribution in [0, 0.1) is 0 Å². The predicted octanol–water partition coefficient (Wildman–Crippen LogP) is 5.28. The SMILES string of the molecule is CCCCN1CCC(c2cc3ccc(OCC)cc3s2)CC1. The van der Waals surface area contributed by atoms with Crippen molar-refractivity contribution in [1.29, 1.82) is 0 Å². The highest BCUT2D eigenvalue weighted by Gasteiger charge is 2.21. The molecular formula is C19H27NOS. The van der Waals surface area contributed by atoms with Gasteiger partial charge in [0.2, 0.25) is 0 Å². The first-order valence-electron chi connectivity index (χ1n) is 8.68. The van der Waals surface area contributed by atoms with Crippen LogP contribution in [0.5, 0.6) is 5.75 Å². The molecule has 0 bridgehead atoms. The Bertz CT molecular complexity index is 599. The second-order valence-corrected chi connectivity index (χ2v) is 7.37. The summed E-state index contributed by atoms with van der Waals surface area (Å²) in [6.07, 6.45) is 5.27. The van der Waals surface area contributed by atoms with Crippen LogP contribution in [0.4, 0.5) is 0 Å². The van der Waals surface area contributed by atoms with Crippen molar-refractivity contribution in [1.82, 2.24) is 4.90 Å². The molecule has 1 aliphatic heterocycles. The second kappa shape index (κ2) is 7.47.